The molecule has 0 bridgehead atoms. The topological polar surface area (TPSA) is 74.9 Å². The number of aryl methyl sites for hydroxylation is 1. The Labute approximate surface area is 81.4 Å². The zero-order valence-corrected chi connectivity index (χ0v) is 7.78. The second-order valence-electron chi connectivity index (χ2n) is 3.20. The Morgan fingerprint density at radius 3 is 2.86 bits per heavy atom. The maximum atomic E-state index is 9.61. The van der Waals surface area contributed by atoms with Crippen LogP contribution in [-0.4, -0.2) is 15.1 Å². The molecule has 0 radical (unpaired) electrons. The first-order chi connectivity index (χ1) is 6.66. The summed E-state index contributed by atoms with van der Waals surface area (Å²) < 4.78 is 0. The van der Waals surface area contributed by atoms with Crippen LogP contribution in [0.2, 0.25) is 0 Å². The van der Waals surface area contributed by atoms with Gasteiger partial charge in [-0.2, -0.15) is 0 Å². The van der Waals surface area contributed by atoms with Crippen molar-refractivity contribution in [2.75, 3.05) is 5.73 Å². The van der Waals surface area contributed by atoms with E-state index in [2.05, 4.69) is 9.97 Å². The number of imidazole rings is 1. The maximum Gasteiger partial charge on any atom is 0.197 e. The Hall–Kier alpha value is -1.97. The Bertz CT molecular complexity index is 462. The lowest BCUT2D eigenvalue weighted by Gasteiger charge is -2.02. The van der Waals surface area contributed by atoms with E-state index in [1.165, 1.54) is 0 Å². The van der Waals surface area contributed by atoms with Crippen molar-refractivity contribution in [3.63, 3.8) is 0 Å². The predicted molar refractivity (Wildman–Crippen MR) is 54.8 cm³/mol. The Kier molecular flexibility index (Phi) is 1.89. The normalized spacial score (nSPS) is 10.4. The number of phenolic OH excluding ortho intramolecular Hbond substituents is 1. The van der Waals surface area contributed by atoms with Gasteiger partial charge in [-0.05, 0) is 19.1 Å². The van der Waals surface area contributed by atoms with Crippen molar-refractivity contribution in [3.8, 4) is 17.0 Å². The van der Waals surface area contributed by atoms with Crippen LogP contribution in [0.4, 0.5) is 5.95 Å². The summed E-state index contributed by atoms with van der Waals surface area (Å²) in [5.74, 6) is 0.570. The summed E-state index contributed by atoms with van der Waals surface area (Å²) in [6, 6.07) is 5.38. The molecule has 0 amide bonds. The molecule has 0 saturated carbocycles. The average molecular weight is 189 g/mol. The summed E-state index contributed by atoms with van der Waals surface area (Å²) in [4.78, 5) is 6.74. The van der Waals surface area contributed by atoms with Crippen molar-refractivity contribution in [2.24, 2.45) is 0 Å². The van der Waals surface area contributed by atoms with Gasteiger partial charge in [0.25, 0.3) is 0 Å². The molecule has 4 heteroatoms. The Morgan fingerprint density at radius 2 is 2.21 bits per heavy atom. The number of H-pyrrole nitrogens is 1. The van der Waals surface area contributed by atoms with Crippen molar-refractivity contribution in [2.45, 2.75) is 6.92 Å². The molecule has 0 aliphatic rings. The second-order valence-corrected chi connectivity index (χ2v) is 3.20. The fourth-order valence-electron chi connectivity index (χ4n) is 1.34. The number of nitrogen functional groups attached to an aromatic ring is 1. The molecule has 0 atom stereocenters. The van der Waals surface area contributed by atoms with Gasteiger partial charge >= 0.3 is 0 Å². The zero-order chi connectivity index (χ0) is 10.1. The van der Waals surface area contributed by atoms with Gasteiger partial charge in [0, 0.05) is 5.56 Å². The second kappa shape index (κ2) is 3.06. The molecule has 4 nitrogen and oxygen atoms in total. The highest BCUT2D eigenvalue weighted by atomic mass is 16.3. The molecule has 0 fully saturated rings. The summed E-state index contributed by atoms with van der Waals surface area (Å²) in [7, 11) is 0. The number of hydrogen-bond donors (Lipinski definition) is 3. The monoisotopic (exact) mass is 189 g/mol. The molecule has 0 aliphatic heterocycles. The lowest BCUT2D eigenvalue weighted by molar-refractivity contribution is 0.477. The van der Waals surface area contributed by atoms with Crippen molar-refractivity contribution in [3.05, 3.63) is 30.0 Å². The van der Waals surface area contributed by atoms with Crippen LogP contribution >= 0.6 is 0 Å². The lowest BCUT2D eigenvalue weighted by atomic mass is 10.1. The summed E-state index contributed by atoms with van der Waals surface area (Å²) >= 11 is 0. The molecular weight excluding hydrogens is 178 g/mol. The van der Waals surface area contributed by atoms with Crippen LogP contribution in [0.15, 0.2) is 24.4 Å². The Balaban J connectivity index is 2.55. The van der Waals surface area contributed by atoms with E-state index in [4.69, 9.17) is 5.73 Å². The van der Waals surface area contributed by atoms with E-state index in [9.17, 15) is 5.11 Å². The van der Waals surface area contributed by atoms with Gasteiger partial charge < -0.3 is 15.8 Å². The fourth-order valence-corrected chi connectivity index (χ4v) is 1.34. The molecule has 72 valence electrons. The summed E-state index contributed by atoms with van der Waals surface area (Å²) in [6.07, 6.45) is 1.60. The highest BCUT2D eigenvalue weighted by Gasteiger charge is 2.06. The first-order valence-corrected chi connectivity index (χ1v) is 4.27. The highest BCUT2D eigenvalue weighted by Crippen LogP contribution is 2.28. The number of anilines is 1. The number of hydrogen-bond acceptors (Lipinski definition) is 3. The van der Waals surface area contributed by atoms with E-state index < -0.39 is 0 Å². The lowest BCUT2D eigenvalue weighted by Crippen LogP contribution is -1.86. The molecule has 2 rings (SSSR count). The van der Waals surface area contributed by atoms with Gasteiger partial charge in [0.05, 0.1) is 11.9 Å². The molecule has 1 aromatic carbocycles. The van der Waals surface area contributed by atoms with E-state index in [0.717, 1.165) is 11.3 Å². The minimum absolute atomic E-state index is 0.222. The van der Waals surface area contributed by atoms with E-state index in [-0.39, 0.29) is 5.75 Å². The highest BCUT2D eigenvalue weighted by molar-refractivity contribution is 5.67. The summed E-state index contributed by atoms with van der Waals surface area (Å²) in [5, 5.41) is 9.61. The number of benzene rings is 1. The van der Waals surface area contributed by atoms with E-state index in [0.29, 0.717) is 11.5 Å². The Morgan fingerprint density at radius 1 is 1.43 bits per heavy atom. The molecule has 1 heterocycles. The minimum Gasteiger partial charge on any atom is -0.507 e. The fraction of sp³-hybridized carbons (Fsp3) is 0.100. The predicted octanol–water partition coefficient (Wildman–Crippen LogP) is 1.67. The van der Waals surface area contributed by atoms with Crippen LogP contribution in [0.5, 0.6) is 5.75 Å². The number of phenols is 1. The third-order valence-electron chi connectivity index (χ3n) is 2.04. The molecule has 0 saturated heterocycles. The molecule has 0 unspecified atom stereocenters. The van der Waals surface area contributed by atoms with Gasteiger partial charge in [0.15, 0.2) is 5.95 Å². The number of nitrogens with zero attached hydrogens (tertiary/aromatic N) is 1. The average Bonchev–Trinajstić information content (AvgIpc) is 2.56. The van der Waals surface area contributed by atoms with Crippen LogP contribution in [-0.2, 0) is 0 Å². The van der Waals surface area contributed by atoms with Crippen molar-refractivity contribution >= 4 is 5.95 Å². The minimum atomic E-state index is 0.222. The molecule has 14 heavy (non-hydrogen) atoms. The van der Waals surface area contributed by atoms with E-state index >= 15 is 0 Å². The van der Waals surface area contributed by atoms with Crippen LogP contribution < -0.4 is 5.73 Å². The third-order valence-corrected chi connectivity index (χ3v) is 2.04. The number of rotatable bonds is 1. The zero-order valence-electron chi connectivity index (χ0n) is 7.78. The molecule has 2 aromatic rings. The molecular formula is C10H11N3O. The largest absolute Gasteiger partial charge is 0.507 e. The van der Waals surface area contributed by atoms with Gasteiger partial charge in [-0.1, -0.05) is 11.6 Å². The first-order valence-electron chi connectivity index (χ1n) is 4.27. The van der Waals surface area contributed by atoms with E-state index in [1.54, 1.807) is 12.3 Å². The van der Waals surface area contributed by atoms with Gasteiger partial charge in [0.2, 0.25) is 0 Å². The van der Waals surface area contributed by atoms with Gasteiger partial charge in [-0.3, -0.25) is 0 Å². The van der Waals surface area contributed by atoms with Gasteiger partial charge in [0.1, 0.15) is 5.75 Å². The van der Waals surface area contributed by atoms with Crippen molar-refractivity contribution in [1.82, 2.24) is 9.97 Å². The number of aromatic amines is 1. The molecule has 0 spiro atoms. The van der Waals surface area contributed by atoms with Gasteiger partial charge in [-0.25, -0.2) is 4.98 Å². The van der Waals surface area contributed by atoms with Crippen LogP contribution in [0, 0.1) is 6.92 Å². The SMILES string of the molecule is Cc1ccc(O)c(-c2cnc(N)[nH]2)c1. The quantitative estimate of drug-likeness (QED) is 0.638. The first kappa shape index (κ1) is 8.62. The van der Waals surface area contributed by atoms with Crippen LogP contribution in [0.1, 0.15) is 5.56 Å². The van der Waals surface area contributed by atoms with Crippen molar-refractivity contribution < 1.29 is 5.11 Å². The van der Waals surface area contributed by atoms with Crippen LogP contribution in [0.25, 0.3) is 11.3 Å². The number of aromatic hydroxyl groups is 1. The smallest absolute Gasteiger partial charge is 0.197 e. The molecule has 1 aromatic heterocycles. The number of aromatic nitrogens is 2. The third kappa shape index (κ3) is 1.42. The number of nitrogens with two attached hydrogens (primary N) is 1. The van der Waals surface area contributed by atoms with E-state index in [1.807, 2.05) is 19.1 Å². The standard InChI is InChI=1S/C10H11N3O/c1-6-2-3-9(14)7(4-6)8-5-12-10(11)13-8/h2-5,14H,1H3,(H3,11,12,13). The van der Waals surface area contributed by atoms with Crippen molar-refractivity contribution in [1.29, 1.82) is 0 Å². The van der Waals surface area contributed by atoms with Gasteiger partial charge in [-0.15, -0.1) is 0 Å². The molecule has 4 N–H and O–H groups in total. The summed E-state index contributed by atoms with van der Waals surface area (Å²) in [6.45, 7) is 1.96. The number of nitrogens with one attached hydrogen (secondary N) is 1. The summed E-state index contributed by atoms with van der Waals surface area (Å²) in [5.41, 5.74) is 7.97. The molecule has 0 aliphatic carbocycles. The van der Waals surface area contributed by atoms with Crippen LogP contribution in [0.3, 0.4) is 0 Å². The maximum absolute atomic E-state index is 9.61.